The van der Waals surface area contributed by atoms with Crippen LogP contribution in [-0.2, 0) is 9.53 Å². The third kappa shape index (κ3) is 5.74. The molecule has 1 unspecified atom stereocenters. The summed E-state index contributed by atoms with van der Waals surface area (Å²) in [5.41, 5.74) is 4.11. The van der Waals surface area contributed by atoms with Gasteiger partial charge in [-0.1, -0.05) is 41.9 Å². The van der Waals surface area contributed by atoms with E-state index in [-0.39, 0.29) is 12.0 Å². The van der Waals surface area contributed by atoms with Crippen molar-refractivity contribution in [3.63, 3.8) is 0 Å². The molecule has 7 heteroatoms. The van der Waals surface area contributed by atoms with Crippen LogP contribution in [0.4, 0.5) is 5.69 Å². The Morgan fingerprint density at radius 1 is 1.27 bits per heavy atom. The molecule has 160 valence electrons. The molecule has 0 bridgehead atoms. The third-order valence-corrected chi connectivity index (χ3v) is 5.46. The van der Waals surface area contributed by atoms with Gasteiger partial charge in [-0.05, 0) is 42.7 Å². The molecule has 2 aromatic carbocycles. The highest BCUT2D eigenvalue weighted by Gasteiger charge is 2.25. The highest BCUT2D eigenvalue weighted by atomic mass is 35.5. The fourth-order valence-corrected chi connectivity index (χ4v) is 3.81. The standard InChI is InChI=1S/C23H29ClN4O2/c1-16-8-9-20(19(24)14-16)27-22(29)10-11-26-23(25-3)28-12-13-30-21(15-28)18-7-5-4-6-17(18)2/h4-9,14,21H,10-13,15H2,1-3H3,(H,25,26)(H,27,29). The molecule has 1 aliphatic heterocycles. The number of aliphatic imine (C=N–C) groups is 1. The zero-order valence-corrected chi connectivity index (χ0v) is 18.5. The summed E-state index contributed by atoms with van der Waals surface area (Å²) in [7, 11) is 1.76. The number of carbonyl (C=O) groups is 1. The van der Waals surface area contributed by atoms with E-state index in [0.717, 1.165) is 24.6 Å². The van der Waals surface area contributed by atoms with Gasteiger partial charge in [-0.25, -0.2) is 0 Å². The van der Waals surface area contributed by atoms with Crippen LogP contribution < -0.4 is 10.6 Å². The summed E-state index contributed by atoms with van der Waals surface area (Å²) in [6, 6.07) is 13.9. The number of benzene rings is 2. The van der Waals surface area contributed by atoms with Gasteiger partial charge in [-0.15, -0.1) is 0 Å². The SMILES string of the molecule is CN=C(NCCC(=O)Nc1ccc(C)cc1Cl)N1CCOC(c2ccccc2C)C1. The Morgan fingerprint density at radius 3 is 2.80 bits per heavy atom. The van der Waals surface area contributed by atoms with Gasteiger partial charge in [0.25, 0.3) is 0 Å². The number of amides is 1. The Balaban J connectivity index is 1.51. The van der Waals surface area contributed by atoms with E-state index in [9.17, 15) is 4.79 Å². The number of aryl methyl sites for hydroxylation is 2. The van der Waals surface area contributed by atoms with E-state index in [2.05, 4.69) is 39.6 Å². The molecule has 3 rings (SSSR count). The number of ether oxygens (including phenoxy) is 1. The van der Waals surface area contributed by atoms with Crippen molar-refractivity contribution in [2.24, 2.45) is 4.99 Å². The Kier molecular flexibility index (Phi) is 7.71. The van der Waals surface area contributed by atoms with Gasteiger partial charge in [0.15, 0.2) is 5.96 Å². The molecule has 0 spiro atoms. The molecule has 1 amide bonds. The number of morpholine rings is 1. The minimum atomic E-state index is -0.0940. The molecule has 1 saturated heterocycles. The number of rotatable bonds is 5. The highest BCUT2D eigenvalue weighted by Crippen LogP contribution is 2.25. The summed E-state index contributed by atoms with van der Waals surface area (Å²) in [5.74, 6) is 0.682. The average Bonchev–Trinajstić information content (AvgIpc) is 2.74. The number of hydrogen-bond donors (Lipinski definition) is 2. The molecule has 1 atom stereocenters. The minimum Gasteiger partial charge on any atom is -0.370 e. The number of guanidine groups is 1. The topological polar surface area (TPSA) is 66.0 Å². The molecular weight excluding hydrogens is 400 g/mol. The number of anilines is 1. The van der Waals surface area contributed by atoms with Gasteiger partial charge >= 0.3 is 0 Å². The second kappa shape index (κ2) is 10.5. The van der Waals surface area contributed by atoms with Crippen molar-refractivity contribution in [3.8, 4) is 0 Å². The van der Waals surface area contributed by atoms with Crippen molar-refractivity contribution < 1.29 is 9.53 Å². The van der Waals surface area contributed by atoms with Crippen LogP contribution in [0.2, 0.25) is 5.02 Å². The molecule has 1 heterocycles. The Morgan fingerprint density at radius 2 is 2.07 bits per heavy atom. The van der Waals surface area contributed by atoms with E-state index in [4.69, 9.17) is 16.3 Å². The average molecular weight is 429 g/mol. The van der Waals surface area contributed by atoms with Crippen LogP contribution in [-0.4, -0.2) is 50.1 Å². The first kappa shape index (κ1) is 22.1. The summed E-state index contributed by atoms with van der Waals surface area (Å²) in [5, 5.41) is 6.70. The van der Waals surface area contributed by atoms with Crippen LogP contribution in [0.15, 0.2) is 47.5 Å². The molecule has 0 aromatic heterocycles. The maximum absolute atomic E-state index is 12.3. The first-order chi connectivity index (χ1) is 14.5. The van der Waals surface area contributed by atoms with E-state index in [1.54, 1.807) is 7.05 Å². The molecule has 2 N–H and O–H groups in total. The van der Waals surface area contributed by atoms with Crippen molar-refractivity contribution in [1.29, 1.82) is 0 Å². The minimum absolute atomic E-state index is 0.00507. The molecule has 6 nitrogen and oxygen atoms in total. The zero-order valence-electron chi connectivity index (χ0n) is 17.7. The Bertz CT molecular complexity index is 916. The molecule has 1 aliphatic rings. The van der Waals surface area contributed by atoms with Gasteiger partial charge in [0.2, 0.25) is 5.91 Å². The molecule has 2 aromatic rings. The van der Waals surface area contributed by atoms with Crippen LogP contribution in [0.5, 0.6) is 0 Å². The van der Waals surface area contributed by atoms with Gasteiger partial charge in [0.1, 0.15) is 6.10 Å². The third-order valence-electron chi connectivity index (χ3n) is 5.15. The van der Waals surface area contributed by atoms with Crippen molar-refractivity contribution >= 4 is 29.2 Å². The van der Waals surface area contributed by atoms with Gasteiger partial charge in [-0.2, -0.15) is 0 Å². The molecule has 0 saturated carbocycles. The van der Waals surface area contributed by atoms with Crippen LogP contribution >= 0.6 is 11.6 Å². The largest absolute Gasteiger partial charge is 0.370 e. The van der Waals surface area contributed by atoms with E-state index < -0.39 is 0 Å². The van der Waals surface area contributed by atoms with Gasteiger partial charge < -0.3 is 20.3 Å². The second-order valence-corrected chi connectivity index (χ2v) is 7.82. The van der Waals surface area contributed by atoms with E-state index in [1.165, 1.54) is 11.1 Å². The number of nitrogens with zero attached hydrogens (tertiary/aromatic N) is 2. The molecule has 0 radical (unpaired) electrons. The fourth-order valence-electron chi connectivity index (χ4n) is 3.53. The number of hydrogen-bond acceptors (Lipinski definition) is 3. The maximum Gasteiger partial charge on any atom is 0.226 e. The zero-order chi connectivity index (χ0) is 21.5. The molecule has 1 fully saturated rings. The lowest BCUT2D eigenvalue weighted by Crippen LogP contribution is -2.48. The lowest BCUT2D eigenvalue weighted by molar-refractivity contribution is -0.116. The summed E-state index contributed by atoms with van der Waals surface area (Å²) >= 11 is 6.19. The van der Waals surface area contributed by atoms with Crippen molar-refractivity contribution in [3.05, 3.63) is 64.2 Å². The molecular formula is C23H29ClN4O2. The highest BCUT2D eigenvalue weighted by molar-refractivity contribution is 6.33. The smallest absolute Gasteiger partial charge is 0.226 e. The number of nitrogens with one attached hydrogen (secondary N) is 2. The van der Waals surface area contributed by atoms with Crippen molar-refractivity contribution in [2.75, 3.05) is 38.6 Å². The predicted octanol–water partition coefficient (Wildman–Crippen LogP) is 3.93. The van der Waals surface area contributed by atoms with Crippen LogP contribution in [0.1, 0.15) is 29.2 Å². The fraction of sp³-hybridized carbons (Fsp3) is 0.391. The second-order valence-electron chi connectivity index (χ2n) is 7.42. The van der Waals surface area contributed by atoms with Crippen LogP contribution in [0.25, 0.3) is 0 Å². The van der Waals surface area contributed by atoms with Crippen LogP contribution in [0.3, 0.4) is 0 Å². The summed E-state index contributed by atoms with van der Waals surface area (Å²) in [6.45, 7) is 6.65. The normalized spacial score (nSPS) is 17.0. The monoisotopic (exact) mass is 428 g/mol. The summed E-state index contributed by atoms with van der Waals surface area (Å²) in [4.78, 5) is 18.9. The lowest BCUT2D eigenvalue weighted by atomic mass is 10.0. The summed E-state index contributed by atoms with van der Waals surface area (Å²) in [6.07, 6.45) is 0.319. The number of halogens is 1. The first-order valence-electron chi connectivity index (χ1n) is 10.2. The first-order valence-corrected chi connectivity index (χ1v) is 10.5. The van der Waals surface area contributed by atoms with Gasteiger partial charge in [0.05, 0.1) is 23.9 Å². The number of carbonyl (C=O) groups excluding carboxylic acids is 1. The van der Waals surface area contributed by atoms with Crippen molar-refractivity contribution in [2.45, 2.75) is 26.4 Å². The van der Waals surface area contributed by atoms with E-state index in [0.29, 0.717) is 30.3 Å². The molecule has 0 aliphatic carbocycles. The van der Waals surface area contributed by atoms with Crippen molar-refractivity contribution in [1.82, 2.24) is 10.2 Å². The predicted molar refractivity (Wildman–Crippen MR) is 122 cm³/mol. The van der Waals surface area contributed by atoms with E-state index >= 15 is 0 Å². The molecule has 30 heavy (non-hydrogen) atoms. The quantitative estimate of drug-likeness (QED) is 0.559. The Labute approximate surface area is 183 Å². The van der Waals surface area contributed by atoms with Gasteiger partial charge in [0, 0.05) is 26.6 Å². The Hall–Kier alpha value is -2.57. The van der Waals surface area contributed by atoms with E-state index in [1.807, 2.05) is 37.3 Å². The summed E-state index contributed by atoms with van der Waals surface area (Å²) < 4.78 is 6.00. The van der Waals surface area contributed by atoms with Crippen LogP contribution in [0, 0.1) is 13.8 Å². The maximum atomic E-state index is 12.3. The lowest BCUT2D eigenvalue weighted by Gasteiger charge is -2.35. The van der Waals surface area contributed by atoms with Gasteiger partial charge in [-0.3, -0.25) is 9.79 Å².